The molecule has 216 valence electrons. The highest BCUT2D eigenvalue weighted by molar-refractivity contribution is 5.91. The number of fused-ring (bicyclic) bond motifs is 1. The lowest BCUT2D eigenvalue weighted by Gasteiger charge is -2.25. The molecule has 2 aliphatic rings. The lowest BCUT2D eigenvalue weighted by atomic mass is 10.1. The molecule has 0 unspecified atom stereocenters. The third-order valence-corrected chi connectivity index (χ3v) is 8.20. The average molecular weight is 546 g/mol. The number of aromatic nitrogens is 2. The number of nitrogens with zero attached hydrogens (tertiary/aromatic N) is 2. The van der Waals surface area contributed by atoms with Gasteiger partial charge in [0.15, 0.2) is 0 Å². The third kappa shape index (κ3) is 8.53. The van der Waals surface area contributed by atoms with Gasteiger partial charge in [0.25, 0.3) is 0 Å². The molecule has 0 bridgehead atoms. The third-order valence-electron chi connectivity index (χ3n) is 8.20. The summed E-state index contributed by atoms with van der Waals surface area (Å²) in [6.45, 7) is 5.79. The molecule has 2 heterocycles. The van der Waals surface area contributed by atoms with Gasteiger partial charge in [-0.3, -0.25) is 0 Å². The van der Waals surface area contributed by atoms with Crippen molar-refractivity contribution >= 4 is 22.7 Å². The van der Waals surface area contributed by atoms with Crippen molar-refractivity contribution in [1.82, 2.24) is 25.9 Å². The van der Waals surface area contributed by atoms with E-state index in [9.17, 15) is 0 Å². The van der Waals surface area contributed by atoms with Crippen LogP contribution in [0.2, 0.25) is 0 Å². The molecule has 1 aromatic heterocycles. The molecular formula is C32H47N7O. The predicted octanol–water partition coefficient (Wildman–Crippen LogP) is 5.21. The van der Waals surface area contributed by atoms with Crippen LogP contribution in [0.15, 0.2) is 42.5 Å². The number of piperidine rings is 1. The molecule has 3 aromatic rings. The molecule has 0 amide bonds. The molecule has 40 heavy (non-hydrogen) atoms. The molecule has 0 spiro atoms. The first-order valence-electron chi connectivity index (χ1n) is 15.4. The van der Waals surface area contributed by atoms with Crippen LogP contribution in [0.1, 0.15) is 68.9 Å². The molecular weight excluding hydrogens is 498 g/mol. The van der Waals surface area contributed by atoms with Crippen LogP contribution < -0.4 is 31.3 Å². The van der Waals surface area contributed by atoms with E-state index in [4.69, 9.17) is 14.7 Å². The number of benzene rings is 2. The Bertz CT molecular complexity index is 1170. The van der Waals surface area contributed by atoms with E-state index in [2.05, 4.69) is 50.8 Å². The summed E-state index contributed by atoms with van der Waals surface area (Å²) in [6.07, 6.45) is 11.7. The standard InChI is InChI=1S/C32H47N7O/c1-40-28-13-14-30-29(21-28)31(37-27-15-19-33-20-16-27)39-32(38-30)36-23-25-11-9-24(10-12-25)22-34-17-6-18-35-26-7-4-2-3-5-8-26/h9-14,21,26-27,33-35H,2-8,15-20,22-23H2,1H3,(H2,36,37,38,39). The summed E-state index contributed by atoms with van der Waals surface area (Å²) in [5, 5.41) is 18.9. The Morgan fingerprint density at radius 1 is 0.825 bits per heavy atom. The summed E-state index contributed by atoms with van der Waals surface area (Å²) in [5.41, 5.74) is 3.42. The molecule has 0 radical (unpaired) electrons. The van der Waals surface area contributed by atoms with Gasteiger partial charge in [-0.25, -0.2) is 4.98 Å². The lowest BCUT2D eigenvalue weighted by Crippen LogP contribution is -2.35. The minimum absolute atomic E-state index is 0.400. The van der Waals surface area contributed by atoms with E-state index in [1.807, 2.05) is 18.2 Å². The Morgan fingerprint density at radius 2 is 1.57 bits per heavy atom. The Labute approximate surface area is 239 Å². The highest BCUT2D eigenvalue weighted by Crippen LogP contribution is 2.28. The van der Waals surface area contributed by atoms with Crippen LogP contribution in [0.5, 0.6) is 5.75 Å². The highest BCUT2D eigenvalue weighted by Gasteiger charge is 2.16. The van der Waals surface area contributed by atoms with Crippen molar-refractivity contribution in [3.8, 4) is 5.75 Å². The smallest absolute Gasteiger partial charge is 0.225 e. The fourth-order valence-corrected chi connectivity index (χ4v) is 5.78. The number of hydrogen-bond donors (Lipinski definition) is 5. The van der Waals surface area contributed by atoms with Gasteiger partial charge in [0.2, 0.25) is 5.95 Å². The zero-order valence-corrected chi connectivity index (χ0v) is 24.1. The van der Waals surface area contributed by atoms with Crippen LogP contribution in [0.25, 0.3) is 10.9 Å². The van der Waals surface area contributed by atoms with Crippen LogP contribution >= 0.6 is 0 Å². The zero-order valence-electron chi connectivity index (χ0n) is 24.1. The summed E-state index contributed by atoms with van der Waals surface area (Å²) in [6, 6.07) is 15.9. The monoisotopic (exact) mass is 545 g/mol. The topological polar surface area (TPSA) is 95.2 Å². The molecule has 0 atom stereocenters. The average Bonchev–Trinajstić information content (AvgIpc) is 3.28. The fourth-order valence-electron chi connectivity index (χ4n) is 5.78. The minimum atomic E-state index is 0.400. The molecule has 5 N–H and O–H groups in total. The van der Waals surface area contributed by atoms with Crippen LogP contribution in [0.4, 0.5) is 11.8 Å². The quantitative estimate of drug-likeness (QED) is 0.148. The van der Waals surface area contributed by atoms with E-state index in [1.165, 1.54) is 56.1 Å². The first-order chi connectivity index (χ1) is 19.8. The molecule has 1 saturated carbocycles. The van der Waals surface area contributed by atoms with Gasteiger partial charge in [-0.1, -0.05) is 49.9 Å². The summed E-state index contributed by atoms with van der Waals surface area (Å²) in [5.74, 6) is 2.31. The summed E-state index contributed by atoms with van der Waals surface area (Å²) < 4.78 is 5.46. The van der Waals surface area contributed by atoms with Gasteiger partial charge in [-0.05, 0) is 87.6 Å². The number of rotatable bonds is 13. The number of nitrogens with one attached hydrogen (secondary N) is 5. The van der Waals surface area contributed by atoms with Crippen molar-refractivity contribution in [3.05, 3.63) is 53.6 Å². The molecule has 8 heteroatoms. The summed E-state index contributed by atoms with van der Waals surface area (Å²) in [7, 11) is 1.69. The maximum atomic E-state index is 5.46. The van der Waals surface area contributed by atoms with E-state index >= 15 is 0 Å². The van der Waals surface area contributed by atoms with Crippen LogP contribution in [-0.4, -0.2) is 55.3 Å². The van der Waals surface area contributed by atoms with Gasteiger partial charge in [0.1, 0.15) is 11.6 Å². The Hall–Kier alpha value is -2.94. The Morgan fingerprint density at radius 3 is 2.33 bits per heavy atom. The van der Waals surface area contributed by atoms with Crippen molar-refractivity contribution in [2.45, 2.75) is 83.0 Å². The molecule has 2 fully saturated rings. The van der Waals surface area contributed by atoms with E-state index in [0.717, 1.165) is 74.1 Å². The van der Waals surface area contributed by atoms with Crippen molar-refractivity contribution < 1.29 is 4.74 Å². The van der Waals surface area contributed by atoms with Crippen molar-refractivity contribution in [3.63, 3.8) is 0 Å². The Balaban J connectivity index is 1.10. The van der Waals surface area contributed by atoms with Crippen molar-refractivity contribution in [1.29, 1.82) is 0 Å². The van der Waals surface area contributed by atoms with Gasteiger partial charge in [0, 0.05) is 30.6 Å². The lowest BCUT2D eigenvalue weighted by molar-refractivity contribution is 0.415. The second kappa shape index (κ2) is 15.2. The van der Waals surface area contributed by atoms with Crippen LogP contribution in [-0.2, 0) is 13.1 Å². The molecule has 1 saturated heterocycles. The van der Waals surface area contributed by atoms with E-state index in [1.54, 1.807) is 7.11 Å². The van der Waals surface area contributed by atoms with E-state index < -0.39 is 0 Å². The fraction of sp³-hybridized carbons (Fsp3) is 0.562. The second-order valence-corrected chi connectivity index (χ2v) is 11.3. The van der Waals surface area contributed by atoms with Crippen LogP contribution in [0, 0.1) is 0 Å². The second-order valence-electron chi connectivity index (χ2n) is 11.3. The highest BCUT2D eigenvalue weighted by atomic mass is 16.5. The summed E-state index contributed by atoms with van der Waals surface area (Å²) >= 11 is 0. The number of methoxy groups -OCH3 is 1. The molecule has 8 nitrogen and oxygen atoms in total. The summed E-state index contributed by atoms with van der Waals surface area (Å²) in [4.78, 5) is 9.67. The van der Waals surface area contributed by atoms with Gasteiger partial charge in [-0.2, -0.15) is 4.98 Å². The normalized spacial score (nSPS) is 17.0. The number of hydrogen-bond acceptors (Lipinski definition) is 8. The molecule has 5 rings (SSSR count). The van der Waals surface area contributed by atoms with Crippen molar-refractivity contribution in [2.75, 3.05) is 43.9 Å². The first kappa shape index (κ1) is 28.6. The largest absolute Gasteiger partial charge is 0.497 e. The van der Waals surface area contributed by atoms with E-state index in [0.29, 0.717) is 18.5 Å². The number of anilines is 2. The van der Waals surface area contributed by atoms with Crippen LogP contribution in [0.3, 0.4) is 0 Å². The number of ether oxygens (including phenoxy) is 1. The molecule has 1 aliphatic heterocycles. The van der Waals surface area contributed by atoms with Crippen molar-refractivity contribution in [2.24, 2.45) is 0 Å². The maximum absolute atomic E-state index is 5.46. The predicted molar refractivity (Wildman–Crippen MR) is 165 cm³/mol. The van der Waals surface area contributed by atoms with Gasteiger partial charge < -0.3 is 31.3 Å². The van der Waals surface area contributed by atoms with E-state index in [-0.39, 0.29) is 0 Å². The van der Waals surface area contributed by atoms with Gasteiger partial charge >= 0.3 is 0 Å². The minimum Gasteiger partial charge on any atom is -0.497 e. The zero-order chi connectivity index (χ0) is 27.4. The van der Waals surface area contributed by atoms with Gasteiger partial charge in [0.05, 0.1) is 12.6 Å². The van der Waals surface area contributed by atoms with Gasteiger partial charge in [-0.15, -0.1) is 0 Å². The Kier molecular flexibility index (Phi) is 10.8. The SMILES string of the molecule is COc1ccc2nc(NCc3ccc(CNCCCNC4CCCCCC4)cc3)nc(NC3CCNCC3)c2c1. The maximum Gasteiger partial charge on any atom is 0.225 e. The molecule has 1 aliphatic carbocycles. The first-order valence-corrected chi connectivity index (χ1v) is 15.4. The molecule has 2 aromatic carbocycles.